The zero-order valence-corrected chi connectivity index (χ0v) is 12.9. The summed E-state index contributed by atoms with van der Waals surface area (Å²) in [6, 6.07) is 15.5. The van der Waals surface area contributed by atoms with Crippen molar-refractivity contribution in [1.29, 1.82) is 0 Å². The molecule has 100 valence electrons. The number of thiophene rings is 1. The van der Waals surface area contributed by atoms with Crippen molar-refractivity contribution in [2.45, 2.75) is 6.42 Å². The van der Waals surface area contributed by atoms with E-state index in [4.69, 9.17) is 4.74 Å². The second-order valence-corrected chi connectivity index (χ2v) is 6.33. The largest absolute Gasteiger partial charge is 0.426 e. The Labute approximate surface area is 129 Å². The van der Waals surface area contributed by atoms with Crippen molar-refractivity contribution < 1.29 is 9.53 Å². The van der Waals surface area contributed by atoms with E-state index in [-0.39, 0.29) is 5.97 Å². The normalized spacial score (nSPS) is 10.7. The molecule has 0 aliphatic heterocycles. The highest BCUT2D eigenvalue weighted by molar-refractivity contribution is 9.10. The van der Waals surface area contributed by atoms with Crippen LogP contribution >= 0.6 is 27.3 Å². The van der Waals surface area contributed by atoms with Gasteiger partial charge in [0.1, 0.15) is 5.75 Å². The van der Waals surface area contributed by atoms with E-state index in [1.165, 1.54) is 0 Å². The molecule has 0 aliphatic carbocycles. The van der Waals surface area contributed by atoms with Gasteiger partial charge >= 0.3 is 5.97 Å². The first-order valence-electron chi connectivity index (χ1n) is 6.13. The molecule has 0 amide bonds. The van der Waals surface area contributed by atoms with Crippen LogP contribution < -0.4 is 4.74 Å². The molecule has 2 aromatic carbocycles. The van der Waals surface area contributed by atoms with Crippen LogP contribution in [0.5, 0.6) is 5.75 Å². The van der Waals surface area contributed by atoms with E-state index in [1.807, 2.05) is 53.9 Å². The molecule has 0 bridgehead atoms. The van der Waals surface area contributed by atoms with Gasteiger partial charge < -0.3 is 4.74 Å². The highest BCUT2D eigenvalue weighted by Gasteiger charge is 2.07. The minimum Gasteiger partial charge on any atom is -0.426 e. The topological polar surface area (TPSA) is 26.3 Å². The number of benzene rings is 2. The highest BCUT2D eigenvalue weighted by Crippen LogP contribution is 2.24. The van der Waals surface area contributed by atoms with E-state index < -0.39 is 0 Å². The number of carbonyl (C=O) groups excluding carboxylic acids is 1. The summed E-state index contributed by atoms with van der Waals surface area (Å²) >= 11 is 5.00. The first kappa shape index (κ1) is 13.3. The van der Waals surface area contributed by atoms with Crippen LogP contribution in [0.25, 0.3) is 10.8 Å². The second-order valence-electron chi connectivity index (χ2n) is 4.38. The summed E-state index contributed by atoms with van der Waals surface area (Å²) in [5.41, 5.74) is 0. The minimum atomic E-state index is -0.232. The van der Waals surface area contributed by atoms with Crippen LogP contribution in [0.2, 0.25) is 0 Å². The molecule has 0 unspecified atom stereocenters. The molecule has 0 saturated carbocycles. The molecule has 0 radical (unpaired) electrons. The van der Waals surface area contributed by atoms with Gasteiger partial charge in [0.05, 0.1) is 6.42 Å². The van der Waals surface area contributed by atoms with E-state index in [1.54, 1.807) is 11.3 Å². The van der Waals surface area contributed by atoms with Gasteiger partial charge in [0, 0.05) is 9.35 Å². The Bertz CT molecular complexity index is 750. The van der Waals surface area contributed by atoms with Gasteiger partial charge in [-0.3, -0.25) is 4.79 Å². The Kier molecular flexibility index (Phi) is 3.85. The molecule has 0 atom stereocenters. The van der Waals surface area contributed by atoms with E-state index in [0.717, 1.165) is 20.1 Å². The average Bonchev–Trinajstić information content (AvgIpc) is 2.91. The maximum absolute atomic E-state index is 11.8. The molecule has 20 heavy (non-hydrogen) atoms. The molecule has 0 spiro atoms. The van der Waals surface area contributed by atoms with Gasteiger partial charge in [-0.15, -0.1) is 11.3 Å². The number of esters is 1. The Morgan fingerprint density at radius 3 is 2.70 bits per heavy atom. The third-order valence-electron chi connectivity index (χ3n) is 2.90. The van der Waals surface area contributed by atoms with Crippen LogP contribution in [-0.4, -0.2) is 5.97 Å². The Morgan fingerprint density at radius 2 is 1.90 bits per heavy atom. The number of halogens is 1. The smallest absolute Gasteiger partial charge is 0.316 e. The number of fused-ring (bicyclic) bond motifs is 1. The fraction of sp³-hybridized carbons (Fsp3) is 0.0625. The number of hydrogen-bond acceptors (Lipinski definition) is 3. The third kappa shape index (κ3) is 3.08. The molecule has 0 saturated heterocycles. The van der Waals surface area contributed by atoms with Crippen LogP contribution in [0.4, 0.5) is 0 Å². The van der Waals surface area contributed by atoms with Crippen molar-refractivity contribution in [2.24, 2.45) is 0 Å². The zero-order chi connectivity index (χ0) is 13.9. The van der Waals surface area contributed by atoms with Crippen LogP contribution in [-0.2, 0) is 11.2 Å². The lowest BCUT2D eigenvalue weighted by molar-refractivity contribution is -0.133. The molecular weight excluding hydrogens is 336 g/mol. The zero-order valence-electron chi connectivity index (χ0n) is 10.5. The molecule has 3 aromatic rings. The van der Waals surface area contributed by atoms with Crippen molar-refractivity contribution in [3.63, 3.8) is 0 Å². The summed E-state index contributed by atoms with van der Waals surface area (Å²) in [7, 11) is 0. The third-order valence-corrected chi connectivity index (χ3v) is 4.27. The van der Waals surface area contributed by atoms with Crippen LogP contribution in [0, 0.1) is 0 Å². The van der Waals surface area contributed by atoms with Gasteiger partial charge in [0.25, 0.3) is 0 Å². The minimum absolute atomic E-state index is 0.232. The van der Waals surface area contributed by atoms with Crippen molar-refractivity contribution in [1.82, 2.24) is 0 Å². The molecule has 0 N–H and O–H groups in total. The summed E-state index contributed by atoms with van der Waals surface area (Å²) in [6.07, 6.45) is 0.316. The van der Waals surface area contributed by atoms with E-state index >= 15 is 0 Å². The van der Waals surface area contributed by atoms with Gasteiger partial charge in [-0.2, -0.15) is 0 Å². The molecule has 1 aromatic heterocycles. The summed E-state index contributed by atoms with van der Waals surface area (Å²) < 4.78 is 6.42. The van der Waals surface area contributed by atoms with Crippen LogP contribution in [0.3, 0.4) is 0 Å². The van der Waals surface area contributed by atoms with Crippen molar-refractivity contribution in [2.75, 3.05) is 0 Å². The Hall–Kier alpha value is -1.65. The summed E-state index contributed by atoms with van der Waals surface area (Å²) in [5, 5.41) is 4.11. The molecule has 0 aliphatic rings. The highest BCUT2D eigenvalue weighted by atomic mass is 79.9. The van der Waals surface area contributed by atoms with Crippen molar-refractivity contribution in [3.05, 3.63) is 63.3 Å². The van der Waals surface area contributed by atoms with Crippen molar-refractivity contribution >= 4 is 44.0 Å². The van der Waals surface area contributed by atoms with E-state index in [9.17, 15) is 4.79 Å². The fourth-order valence-corrected chi connectivity index (χ4v) is 3.05. The number of rotatable bonds is 3. The molecule has 1 heterocycles. The maximum Gasteiger partial charge on any atom is 0.316 e. The quantitative estimate of drug-likeness (QED) is 0.502. The molecule has 4 heteroatoms. The fourth-order valence-electron chi connectivity index (χ4n) is 1.98. The lowest BCUT2D eigenvalue weighted by Crippen LogP contribution is -2.10. The predicted molar refractivity (Wildman–Crippen MR) is 85.3 cm³/mol. The summed E-state index contributed by atoms with van der Waals surface area (Å²) in [4.78, 5) is 12.9. The van der Waals surface area contributed by atoms with Crippen molar-refractivity contribution in [3.8, 4) is 5.75 Å². The summed E-state index contributed by atoms with van der Waals surface area (Å²) in [6.45, 7) is 0. The Balaban J connectivity index is 1.77. The Morgan fingerprint density at radius 1 is 1.10 bits per heavy atom. The van der Waals surface area contributed by atoms with Crippen LogP contribution in [0.15, 0.2) is 58.4 Å². The van der Waals surface area contributed by atoms with E-state index in [0.29, 0.717) is 12.2 Å². The standard InChI is InChI=1S/C16H11BrO2S/c17-13-5-3-12-9-14(6-4-11(12)8-13)19-16(18)10-15-2-1-7-20-15/h1-9H,10H2. The maximum atomic E-state index is 11.8. The van der Waals surface area contributed by atoms with E-state index in [2.05, 4.69) is 15.9 Å². The van der Waals surface area contributed by atoms with Gasteiger partial charge in [0.15, 0.2) is 0 Å². The predicted octanol–water partition coefficient (Wildman–Crippen LogP) is 4.81. The SMILES string of the molecule is O=C(Cc1cccs1)Oc1ccc2cc(Br)ccc2c1. The monoisotopic (exact) mass is 346 g/mol. The van der Waals surface area contributed by atoms with Gasteiger partial charge in [-0.1, -0.05) is 34.1 Å². The molecular formula is C16H11BrO2S. The van der Waals surface area contributed by atoms with Gasteiger partial charge in [-0.25, -0.2) is 0 Å². The molecule has 3 rings (SSSR count). The summed E-state index contributed by atoms with van der Waals surface area (Å²) in [5.74, 6) is 0.352. The molecule has 0 fully saturated rings. The number of hydrogen-bond donors (Lipinski definition) is 0. The van der Waals surface area contributed by atoms with Crippen LogP contribution in [0.1, 0.15) is 4.88 Å². The van der Waals surface area contributed by atoms with Gasteiger partial charge in [-0.05, 0) is 46.5 Å². The number of ether oxygens (including phenoxy) is 1. The molecule has 2 nitrogen and oxygen atoms in total. The first-order chi connectivity index (χ1) is 9.70. The lowest BCUT2D eigenvalue weighted by Gasteiger charge is -2.05. The number of carbonyl (C=O) groups is 1. The van der Waals surface area contributed by atoms with Gasteiger partial charge in [0.2, 0.25) is 0 Å². The second kappa shape index (κ2) is 5.77. The average molecular weight is 347 g/mol. The lowest BCUT2D eigenvalue weighted by atomic mass is 10.1. The first-order valence-corrected chi connectivity index (χ1v) is 7.80.